The molecule has 0 aliphatic rings. The number of hydrogen-bond donors (Lipinski definition) is 1. The second-order valence-electron chi connectivity index (χ2n) is 4.97. The minimum absolute atomic E-state index is 0.210. The predicted octanol–water partition coefficient (Wildman–Crippen LogP) is 3.42. The van der Waals surface area contributed by atoms with Crippen LogP contribution in [0.4, 0.5) is 0 Å². The van der Waals surface area contributed by atoms with Crippen molar-refractivity contribution in [3.8, 4) is 5.75 Å². The van der Waals surface area contributed by atoms with Gasteiger partial charge in [0, 0.05) is 11.0 Å². The molecule has 0 bridgehead atoms. The van der Waals surface area contributed by atoms with Crippen LogP contribution in [0.5, 0.6) is 5.75 Å². The summed E-state index contributed by atoms with van der Waals surface area (Å²) in [7, 11) is -3.51. The third-order valence-corrected chi connectivity index (χ3v) is 5.19. The SMILES string of the molecule is Cc1ccc(S(=O)(=O)NCCOc2cccc(Br)c2)c(C)c1. The quantitative estimate of drug-likeness (QED) is 0.777. The number of hydrogen-bond acceptors (Lipinski definition) is 3. The third kappa shape index (κ3) is 4.56. The molecule has 1 N–H and O–H groups in total. The van der Waals surface area contributed by atoms with Gasteiger partial charge in [0.05, 0.1) is 4.90 Å². The Balaban J connectivity index is 1.93. The molecular weight excluding hydrogens is 366 g/mol. The molecule has 0 fully saturated rings. The van der Waals surface area contributed by atoms with Crippen LogP contribution in [0.25, 0.3) is 0 Å². The topological polar surface area (TPSA) is 55.4 Å². The second-order valence-corrected chi connectivity index (χ2v) is 7.62. The Morgan fingerprint density at radius 2 is 1.91 bits per heavy atom. The van der Waals surface area contributed by atoms with E-state index in [-0.39, 0.29) is 13.2 Å². The first-order chi connectivity index (χ1) is 10.4. The van der Waals surface area contributed by atoms with Crippen molar-refractivity contribution in [2.75, 3.05) is 13.2 Å². The molecule has 118 valence electrons. The van der Waals surface area contributed by atoms with Crippen LogP contribution in [-0.2, 0) is 10.0 Å². The summed E-state index contributed by atoms with van der Waals surface area (Å²) < 4.78 is 33.5. The summed E-state index contributed by atoms with van der Waals surface area (Å²) in [6, 6.07) is 12.7. The zero-order valence-electron chi connectivity index (χ0n) is 12.5. The first-order valence-electron chi connectivity index (χ1n) is 6.84. The van der Waals surface area contributed by atoms with Crippen molar-refractivity contribution in [3.63, 3.8) is 0 Å². The van der Waals surface area contributed by atoms with Gasteiger partial charge in [-0.3, -0.25) is 0 Å². The van der Waals surface area contributed by atoms with Gasteiger partial charge >= 0.3 is 0 Å². The van der Waals surface area contributed by atoms with Gasteiger partial charge in [-0.1, -0.05) is 39.7 Å². The van der Waals surface area contributed by atoms with Crippen LogP contribution >= 0.6 is 15.9 Å². The number of nitrogens with one attached hydrogen (secondary N) is 1. The largest absolute Gasteiger partial charge is 0.492 e. The van der Waals surface area contributed by atoms with Crippen molar-refractivity contribution in [1.82, 2.24) is 4.72 Å². The van der Waals surface area contributed by atoms with Gasteiger partial charge in [0.25, 0.3) is 0 Å². The monoisotopic (exact) mass is 383 g/mol. The maximum Gasteiger partial charge on any atom is 0.240 e. The van der Waals surface area contributed by atoms with Gasteiger partial charge in [0.15, 0.2) is 0 Å². The second kappa shape index (κ2) is 7.26. The molecule has 0 unspecified atom stereocenters. The number of aryl methyl sites for hydroxylation is 2. The summed E-state index contributed by atoms with van der Waals surface area (Å²) in [6.45, 7) is 4.20. The molecule has 22 heavy (non-hydrogen) atoms. The fraction of sp³-hybridized carbons (Fsp3) is 0.250. The molecular formula is C16H18BrNO3S. The van der Waals surface area contributed by atoms with E-state index in [9.17, 15) is 8.42 Å². The molecule has 0 saturated heterocycles. The first kappa shape index (κ1) is 17.0. The van der Waals surface area contributed by atoms with Crippen molar-refractivity contribution in [1.29, 1.82) is 0 Å². The summed E-state index contributed by atoms with van der Waals surface area (Å²) >= 11 is 3.36. The number of rotatable bonds is 6. The molecule has 0 radical (unpaired) electrons. The Kier molecular flexibility index (Phi) is 5.61. The fourth-order valence-corrected chi connectivity index (χ4v) is 3.70. The van der Waals surface area contributed by atoms with E-state index >= 15 is 0 Å². The fourth-order valence-electron chi connectivity index (χ4n) is 2.08. The van der Waals surface area contributed by atoms with E-state index in [4.69, 9.17) is 4.74 Å². The Morgan fingerprint density at radius 1 is 1.14 bits per heavy atom. The van der Waals surface area contributed by atoms with Gasteiger partial charge in [-0.15, -0.1) is 0 Å². The van der Waals surface area contributed by atoms with Crippen LogP contribution in [0.1, 0.15) is 11.1 Å². The van der Waals surface area contributed by atoms with Crippen molar-refractivity contribution in [2.24, 2.45) is 0 Å². The van der Waals surface area contributed by atoms with Crippen molar-refractivity contribution >= 4 is 26.0 Å². The Bertz CT molecular complexity index is 760. The van der Waals surface area contributed by atoms with Crippen LogP contribution in [0, 0.1) is 13.8 Å². The molecule has 0 aliphatic carbocycles. The molecule has 2 aromatic carbocycles. The highest BCUT2D eigenvalue weighted by Crippen LogP contribution is 2.18. The number of halogens is 1. The van der Waals surface area contributed by atoms with E-state index in [2.05, 4.69) is 20.7 Å². The van der Waals surface area contributed by atoms with Crippen LogP contribution in [0.15, 0.2) is 51.8 Å². The van der Waals surface area contributed by atoms with Gasteiger partial charge in [-0.2, -0.15) is 0 Å². The van der Waals surface area contributed by atoms with Gasteiger partial charge in [-0.05, 0) is 43.7 Å². The van der Waals surface area contributed by atoms with Crippen LogP contribution in [0.2, 0.25) is 0 Å². The molecule has 2 aromatic rings. The maximum atomic E-state index is 12.3. The Morgan fingerprint density at radius 3 is 2.59 bits per heavy atom. The number of ether oxygens (including phenoxy) is 1. The molecule has 0 amide bonds. The molecule has 0 aromatic heterocycles. The summed E-state index contributed by atoms with van der Waals surface area (Å²) in [5, 5.41) is 0. The lowest BCUT2D eigenvalue weighted by molar-refractivity contribution is 0.322. The molecule has 0 atom stereocenters. The molecule has 2 rings (SSSR count). The molecule has 4 nitrogen and oxygen atoms in total. The summed E-state index contributed by atoms with van der Waals surface area (Å²) in [4.78, 5) is 0.306. The summed E-state index contributed by atoms with van der Waals surface area (Å²) in [5.74, 6) is 0.695. The molecule has 0 heterocycles. The lowest BCUT2D eigenvalue weighted by atomic mass is 10.2. The average molecular weight is 384 g/mol. The molecule has 0 aliphatic heterocycles. The molecule has 6 heteroatoms. The third-order valence-electron chi connectivity index (χ3n) is 3.08. The minimum Gasteiger partial charge on any atom is -0.492 e. The van der Waals surface area contributed by atoms with Crippen molar-refractivity contribution < 1.29 is 13.2 Å². The van der Waals surface area contributed by atoms with E-state index in [1.165, 1.54) is 0 Å². The lowest BCUT2D eigenvalue weighted by Gasteiger charge is -2.11. The lowest BCUT2D eigenvalue weighted by Crippen LogP contribution is -2.28. The average Bonchev–Trinajstić information content (AvgIpc) is 2.43. The number of benzene rings is 2. The van der Waals surface area contributed by atoms with Crippen LogP contribution < -0.4 is 9.46 Å². The van der Waals surface area contributed by atoms with Crippen LogP contribution in [0.3, 0.4) is 0 Å². The summed E-state index contributed by atoms with van der Waals surface area (Å²) in [5.41, 5.74) is 1.77. The Hall–Kier alpha value is -1.37. The van der Waals surface area contributed by atoms with E-state index in [0.29, 0.717) is 10.6 Å². The zero-order valence-corrected chi connectivity index (χ0v) is 14.9. The molecule has 0 spiro atoms. The van der Waals surface area contributed by atoms with Crippen molar-refractivity contribution in [2.45, 2.75) is 18.7 Å². The number of sulfonamides is 1. The highest BCUT2D eigenvalue weighted by atomic mass is 79.9. The van der Waals surface area contributed by atoms with Crippen LogP contribution in [-0.4, -0.2) is 21.6 Å². The minimum atomic E-state index is -3.51. The van der Waals surface area contributed by atoms with E-state index in [1.54, 1.807) is 19.1 Å². The van der Waals surface area contributed by atoms with Gasteiger partial charge in [0.1, 0.15) is 12.4 Å². The van der Waals surface area contributed by atoms with E-state index in [1.807, 2.05) is 37.3 Å². The molecule has 0 saturated carbocycles. The maximum absolute atomic E-state index is 12.3. The highest BCUT2D eigenvalue weighted by Gasteiger charge is 2.15. The summed E-state index contributed by atoms with van der Waals surface area (Å²) in [6.07, 6.45) is 0. The zero-order chi connectivity index (χ0) is 16.2. The van der Waals surface area contributed by atoms with Gasteiger partial charge in [0.2, 0.25) is 10.0 Å². The standard InChI is InChI=1S/C16H18BrNO3S/c1-12-6-7-16(13(2)10-12)22(19,20)18-8-9-21-15-5-3-4-14(17)11-15/h3-7,10-11,18H,8-9H2,1-2H3. The van der Waals surface area contributed by atoms with Crippen molar-refractivity contribution in [3.05, 3.63) is 58.1 Å². The Labute approximate surface area is 139 Å². The predicted molar refractivity (Wildman–Crippen MR) is 90.7 cm³/mol. The van der Waals surface area contributed by atoms with Gasteiger partial charge in [-0.25, -0.2) is 13.1 Å². The van der Waals surface area contributed by atoms with E-state index in [0.717, 1.165) is 15.6 Å². The normalized spacial score (nSPS) is 11.4. The first-order valence-corrected chi connectivity index (χ1v) is 9.11. The highest BCUT2D eigenvalue weighted by molar-refractivity contribution is 9.10. The smallest absolute Gasteiger partial charge is 0.240 e. The van der Waals surface area contributed by atoms with E-state index < -0.39 is 10.0 Å². The van der Waals surface area contributed by atoms with Gasteiger partial charge < -0.3 is 4.74 Å².